The van der Waals surface area contributed by atoms with E-state index < -0.39 is 10.8 Å². The minimum atomic E-state index is -0.670. The van der Waals surface area contributed by atoms with E-state index in [0.29, 0.717) is 28.7 Å². The van der Waals surface area contributed by atoms with Crippen molar-refractivity contribution >= 4 is 0 Å². The highest BCUT2D eigenvalue weighted by molar-refractivity contribution is 5.56. The molecule has 4 rings (SSSR count). The smallest absolute Gasteiger partial charge is 0.203 e. The fraction of sp³-hybridized carbons (Fsp3) is 0.527. The standard InChI is InChI=1S/C28H40N2O5.C27H38N2O4/c1-20(2)28(19-29,22-17-25(33-6)27(35-8)26(18-22)34-7)13-9-14-30(3)15-12-21-10-11-23(31-4)24(16-21)32-5;1-20(2)27(19-28,22-10-12-24(31-5)26(18-22)33-7)14-8-15-29(3)16-13-21-9-11-23(30-4)25(17-21)32-6/h10-11,16-18,20H,9,12-15H2,1-8H3;9-12,17-18,20H,8,13-16H2,1-7H3. The van der Waals surface area contributed by atoms with Crippen LogP contribution in [0.2, 0.25) is 0 Å². The molecular weight excluding hydrogens is 861 g/mol. The van der Waals surface area contributed by atoms with E-state index in [9.17, 15) is 10.5 Å². The van der Waals surface area contributed by atoms with Crippen molar-refractivity contribution in [3.05, 3.63) is 89.0 Å². The first kappa shape index (κ1) is 56.3. The van der Waals surface area contributed by atoms with Crippen molar-refractivity contribution in [1.82, 2.24) is 9.80 Å². The fourth-order valence-corrected chi connectivity index (χ4v) is 8.68. The van der Waals surface area contributed by atoms with E-state index in [1.165, 1.54) is 11.1 Å². The number of nitrogens with zero attached hydrogens (tertiary/aromatic N) is 4. The van der Waals surface area contributed by atoms with Crippen LogP contribution in [0, 0.1) is 34.5 Å². The molecule has 0 aliphatic rings. The molecule has 0 aromatic heterocycles. The third-order valence-corrected chi connectivity index (χ3v) is 13.1. The molecule has 2 atom stereocenters. The zero-order valence-corrected chi connectivity index (χ0v) is 43.5. The van der Waals surface area contributed by atoms with Gasteiger partial charge in [-0.1, -0.05) is 45.9 Å². The van der Waals surface area contributed by atoms with Crippen molar-refractivity contribution in [3.8, 4) is 63.9 Å². The van der Waals surface area contributed by atoms with E-state index in [1.807, 2.05) is 54.6 Å². The number of hydrogen-bond acceptors (Lipinski definition) is 13. The van der Waals surface area contributed by atoms with Crippen LogP contribution in [-0.2, 0) is 23.7 Å². The molecule has 0 aliphatic carbocycles. The van der Waals surface area contributed by atoms with Crippen LogP contribution in [0.25, 0.3) is 0 Å². The van der Waals surface area contributed by atoms with Crippen LogP contribution in [0.15, 0.2) is 66.7 Å². The summed E-state index contributed by atoms with van der Waals surface area (Å²) < 4.78 is 48.9. The normalized spacial score (nSPS) is 12.8. The predicted molar refractivity (Wildman–Crippen MR) is 270 cm³/mol. The van der Waals surface area contributed by atoms with Crippen LogP contribution < -0.4 is 42.6 Å². The Labute approximate surface area is 407 Å². The first-order valence-corrected chi connectivity index (χ1v) is 23.3. The van der Waals surface area contributed by atoms with Crippen molar-refractivity contribution in [1.29, 1.82) is 10.5 Å². The highest BCUT2D eigenvalue weighted by Gasteiger charge is 2.38. The molecule has 0 fully saturated rings. The summed E-state index contributed by atoms with van der Waals surface area (Å²) in [7, 11) is 18.8. The largest absolute Gasteiger partial charge is 0.493 e. The summed E-state index contributed by atoms with van der Waals surface area (Å²) >= 11 is 0. The van der Waals surface area contributed by atoms with Crippen molar-refractivity contribution in [2.45, 2.75) is 77.0 Å². The second-order valence-corrected chi connectivity index (χ2v) is 17.7. The zero-order chi connectivity index (χ0) is 50.4. The molecule has 13 heteroatoms. The van der Waals surface area contributed by atoms with Crippen molar-refractivity contribution in [2.75, 3.05) is 104 Å². The van der Waals surface area contributed by atoms with Crippen molar-refractivity contribution in [2.24, 2.45) is 11.8 Å². The number of ether oxygens (including phenoxy) is 9. The first-order valence-electron chi connectivity index (χ1n) is 23.3. The first-order chi connectivity index (χ1) is 32.6. The van der Waals surface area contributed by atoms with Gasteiger partial charge < -0.3 is 52.4 Å². The molecule has 0 radical (unpaired) electrons. The number of hydrogen-bond donors (Lipinski definition) is 0. The number of nitriles is 2. The summed E-state index contributed by atoms with van der Waals surface area (Å²) in [6.45, 7) is 12.0. The quantitative estimate of drug-likeness (QED) is 0.0561. The second-order valence-electron chi connectivity index (χ2n) is 17.7. The molecule has 0 saturated carbocycles. The van der Waals surface area contributed by atoms with Crippen molar-refractivity contribution in [3.63, 3.8) is 0 Å². The molecule has 0 aliphatic heterocycles. The maximum atomic E-state index is 10.4. The van der Waals surface area contributed by atoms with Crippen LogP contribution in [0.3, 0.4) is 0 Å². The van der Waals surface area contributed by atoms with Gasteiger partial charge in [0.25, 0.3) is 0 Å². The molecule has 0 saturated heterocycles. The molecule has 372 valence electrons. The topological polar surface area (TPSA) is 137 Å². The van der Waals surface area contributed by atoms with E-state index >= 15 is 0 Å². The van der Waals surface area contributed by atoms with Gasteiger partial charge in [-0.2, -0.15) is 10.5 Å². The molecule has 0 N–H and O–H groups in total. The Morgan fingerprint density at radius 2 is 0.765 bits per heavy atom. The molecule has 0 amide bonds. The average Bonchev–Trinajstić information content (AvgIpc) is 3.36. The minimum absolute atomic E-state index is 0.104. The highest BCUT2D eigenvalue weighted by Crippen LogP contribution is 2.45. The number of rotatable bonds is 27. The van der Waals surface area contributed by atoms with Crippen LogP contribution in [0.1, 0.15) is 75.6 Å². The molecule has 13 nitrogen and oxygen atoms in total. The third-order valence-electron chi connectivity index (χ3n) is 13.1. The summed E-state index contributed by atoms with van der Waals surface area (Å²) in [4.78, 5) is 4.61. The Morgan fingerprint density at radius 3 is 1.10 bits per heavy atom. The SMILES string of the molecule is COc1ccc(CCN(C)CCCC(C#N)(c2cc(OC)c(OC)c(OC)c2)C(C)C)cc1OC.COc1ccc(CCN(C)CCCC(C#N)(c2ccc(OC)c(OC)c2)C(C)C)cc1OC. The highest BCUT2D eigenvalue weighted by atomic mass is 16.5. The molecule has 2 unspecified atom stereocenters. The fourth-order valence-electron chi connectivity index (χ4n) is 8.68. The Kier molecular flexibility index (Phi) is 22.9. The lowest BCUT2D eigenvalue weighted by atomic mass is 9.69. The van der Waals surface area contributed by atoms with Gasteiger partial charge in [-0.3, -0.25) is 0 Å². The zero-order valence-electron chi connectivity index (χ0n) is 43.5. The molecule has 68 heavy (non-hydrogen) atoms. The molecule has 0 spiro atoms. The van der Waals surface area contributed by atoms with E-state index in [-0.39, 0.29) is 11.8 Å². The summed E-state index contributed by atoms with van der Waals surface area (Å²) in [6, 6.07) is 27.0. The van der Waals surface area contributed by atoms with Gasteiger partial charge in [0.05, 0.1) is 87.0 Å². The van der Waals surface area contributed by atoms with E-state index in [1.54, 1.807) is 64.0 Å². The molecule has 4 aromatic carbocycles. The van der Waals surface area contributed by atoms with Crippen LogP contribution in [0.5, 0.6) is 51.7 Å². The summed E-state index contributed by atoms with van der Waals surface area (Å²) in [5.41, 5.74) is 3.02. The van der Waals surface area contributed by atoms with Crippen LogP contribution >= 0.6 is 0 Å². The number of benzene rings is 4. The van der Waals surface area contributed by atoms with Crippen LogP contribution in [-0.4, -0.2) is 114 Å². The van der Waals surface area contributed by atoms with Crippen molar-refractivity contribution < 1.29 is 42.6 Å². The molecule has 4 aromatic rings. The van der Waals surface area contributed by atoms with Crippen LogP contribution in [0.4, 0.5) is 0 Å². The van der Waals surface area contributed by atoms with E-state index in [0.717, 1.165) is 98.8 Å². The Balaban J connectivity index is 0.000000361. The van der Waals surface area contributed by atoms with Gasteiger partial charge in [-0.05, 0) is 148 Å². The molecule has 0 bridgehead atoms. The van der Waals surface area contributed by atoms with E-state index in [4.69, 9.17) is 42.6 Å². The maximum Gasteiger partial charge on any atom is 0.203 e. The Bertz CT molecular complexity index is 2230. The number of likely N-dealkylation sites (N-methyl/N-ethyl adjacent to an activating group) is 2. The third kappa shape index (κ3) is 14.3. The lowest BCUT2D eigenvalue weighted by Crippen LogP contribution is -2.32. The lowest BCUT2D eigenvalue weighted by molar-refractivity contribution is 0.290. The van der Waals surface area contributed by atoms with Gasteiger partial charge in [0, 0.05) is 13.1 Å². The Morgan fingerprint density at radius 1 is 0.426 bits per heavy atom. The van der Waals surface area contributed by atoms with Gasteiger partial charge in [-0.25, -0.2) is 0 Å². The monoisotopic (exact) mass is 939 g/mol. The second kappa shape index (κ2) is 27.7. The maximum absolute atomic E-state index is 10.4. The summed E-state index contributed by atoms with van der Waals surface area (Å²) in [5.74, 6) is 6.23. The lowest BCUT2D eigenvalue weighted by Gasteiger charge is -2.33. The predicted octanol–water partition coefficient (Wildman–Crippen LogP) is 10.2. The van der Waals surface area contributed by atoms with E-state index in [2.05, 4.69) is 75.9 Å². The minimum Gasteiger partial charge on any atom is -0.493 e. The molecule has 0 heterocycles. The summed E-state index contributed by atoms with van der Waals surface area (Å²) in [5, 5.41) is 20.6. The van der Waals surface area contributed by atoms with Gasteiger partial charge in [-0.15, -0.1) is 0 Å². The van der Waals surface area contributed by atoms with Gasteiger partial charge in [0.15, 0.2) is 46.0 Å². The Hall–Kier alpha value is -6.02. The molecular formula is C55H78N4O9. The number of methoxy groups -OCH3 is 9. The summed E-state index contributed by atoms with van der Waals surface area (Å²) in [6.07, 6.45) is 5.11. The average molecular weight is 939 g/mol. The van der Waals surface area contributed by atoms with Gasteiger partial charge in [0.2, 0.25) is 5.75 Å². The van der Waals surface area contributed by atoms with Gasteiger partial charge >= 0.3 is 0 Å². The van der Waals surface area contributed by atoms with Gasteiger partial charge in [0.1, 0.15) is 0 Å².